The highest BCUT2D eigenvalue weighted by molar-refractivity contribution is 5.12. The molecule has 0 saturated heterocycles. The van der Waals surface area contributed by atoms with Crippen molar-refractivity contribution in [2.45, 2.75) is 45.1 Å². The predicted molar refractivity (Wildman–Crippen MR) is 83.1 cm³/mol. The molecule has 1 aliphatic rings. The first-order valence-electron chi connectivity index (χ1n) is 7.64. The van der Waals surface area contributed by atoms with Crippen molar-refractivity contribution in [2.75, 3.05) is 20.3 Å². The molecular weight excluding hydrogens is 309 g/mol. The lowest BCUT2D eigenvalue weighted by Gasteiger charge is -2.23. The number of alkyl halides is 3. The molecule has 3 atom stereocenters. The number of methoxy groups -OCH3 is 1. The Morgan fingerprint density at radius 2 is 2.04 bits per heavy atom. The van der Waals surface area contributed by atoms with Gasteiger partial charge < -0.3 is 14.6 Å². The zero-order valence-corrected chi connectivity index (χ0v) is 13.8. The lowest BCUT2D eigenvalue weighted by Crippen LogP contribution is -2.31. The molecule has 1 rings (SSSR count). The van der Waals surface area contributed by atoms with E-state index < -0.39 is 24.0 Å². The first kappa shape index (κ1) is 19.9. The number of hydrogen-bond acceptors (Lipinski definition) is 3. The van der Waals surface area contributed by atoms with Gasteiger partial charge >= 0.3 is 6.18 Å². The van der Waals surface area contributed by atoms with Gasteiger partial charge in [-0.25, -0.2) is 0 Å². The van der Waals surface area contributed by atoms with Crippen LogP contribution in [0, 0.1) is 5.92 Å². The maximum absolute atomic E-state index is 12.9. The molecule has 0 radical (unpaired) electrons. The molecule has 0 aliphatic carbocycles. The third kappa shape index (κ3) is 6.89. The summed E-state index contributed by atoms with van der Waals surface area (Å²) in [5.41, 5.74) is 0.262. The van der Waals surface area contributed by atoms with E-state index in [1.165, 1.54) is 7.11 Å². The average Bonchev–Trinajstić information content (AvgIpc) is 2.46. The van der Waals surface area contributed by atoms with E-state index in [-0.39, 0.29) is 32.0 Å². The van der Waals surface area contributed by atoms with Crippen molar-refractivity contribution < 1.29 is 27.8 Å². The zero-order chi connectivity index (χ0) is 17.5. The Balaban J connectivity index is 2.96. The molecule has 0 unspecified atom stereocenters. The molecule has 0 aromatic rings. The molecule has 132 valence electrons. The van der Waals surface area contributed by atoms with E-state index in [0.717, 1.165) is 11.6 Å². The number of aliphatic hydroxyl groups is 1. The van der Waals surface area contributed by atoms with Gasteiger partial charge in [0.25, 0.3) is 0 Å². The molecule has 0 saturated carbocycles. The Kier molecular flexibility index (Phi) is 8.02. The predicted octanol–water partition coefficient (Wildman–Crippen LogP) is 3.80. The molecule has 0 bridgehead atoms. The highest BCUT2D eigenvalue weighted by atomic mass is 19.4. The highest BCUT2D eigenvalue weighted by Crippen LogP contribution is 2.29. The second-order valence-corrected chi connectivity index (χ2v) is 5.77. The van der Waals surface area contributed by atoms with Gasteiger partial charge in [-0.15, -0.1) is 0 Å². The van der Waals surface area contributed by atoms with Gasteiger partial charge in [0.1, 0.15) is 6.10 Å². The van der Waals surface area contributed by atoms with Crippen LogP contribution in [-0.4, -0.2) is 43.8 Å². The van der Waals surface area contributed by atoms with E-state index in [2.05, 4.69) is 0 Å². The van der Waals surface area contributed by atoms with Crippen molar-refractivity contribution >= 4 is 0 Å². The summed E-state index contributed by atoms with van der Waals surface area (Å²) in [6.45, 7) is 3.83. The molecule has 23 heavy (non-hydrogen) atoms. The third-order valence-electron chi connectivity index (χ3n) is 3.74. The molecule has 6 heteroatoms. The van der Waals surface area contributed by atoms with Crippen LogP contribution in [0.1, 0.15) is 26.7 Å². The Morgan fingerprint density at radius 3 is 2.65 bits per heavy atom. The largest absolute Gasteiger partial charge is 0.412 e. The van der Waals surface area contributed by atoms with Gasteiger partial charge in [-0.05, 0) is 19.8 Å². The van der Waals surface area contributed by atoms with Gasteiger partial charge in [0.2, 0.25) is 0 Å². The molecule has 1 N–H and O–H groups in total. The monoisotopic (exact) mass is 334 g/mol. The van der Waals surface area contributed by atoms with Crippen LogP contribution in [0.2, 0.25) is 0 Å². The smallest absolute Gasteiger partial charge is 0.389 e. The molecule has 0 fully saturated rings. The quantitative estimate of drug-likeness (QED) is 0.741. The summed E-state index contributed by atoms with van der Waals surface area (Å²) in [6, 6.07) is 0. The van der Waals surface area contributed by atoms with Crippen molar-refractivity contribution in [3.8, 4) is 0 Å². The maximum Gasteiger partial charge on any atom is 0.412 e. The molecule has 3 nitrogen and oxygen atoms in total. The van der Waals surface area contributed by atoms with Crippen molar-refractivity contribution in [3.63, 3.8) is 0 Å². The molecule has 0 aromatic carbocycles. The van der Waals surface area contributed by atoms with Crippen molar-refractivity contribution in [3.05, 3.63) is 35.5 Å². The second-order valence-electron chi connectivity index (χ2n) is 5.77. The minimum absolute atomic E-state index is 0.0820. The van der Waals surface area contributed by atoms with Gasteiger partial charge in [0, 0.05) is 18.6 Å². The molecule has 0 amide bonds. The van der Waals surface area contributed by atoms with Crippen LogP contribution in [0.3, 0.4) is 0 Å². The fraction of sp³-hybridized carbons (Fsp3) is 0.647. The van der Waals surface area contributed by atoms with E-state index in [1.54, 1.807) is 12.2 Å². The van der Waals surface area contributed by atoms with Crippen molar-refractivity contribution in [2.24, 2.45) is 5.92 Å². The second kappa shape index (κ2) is 9.25. The number of aliphatic hydroxyl groups excluding tert-OH is 1. The number of rotatable bonds is 1. The summed E-state index contributed by atoms with van der Waals surface area (Å²) in [6.07, 6.45) is 0.606. The van der Waals surface area contributed by atoms with Crippen LogP contribution >= 0.6 is 0 Å². The minimum Gasteiger partial charge on any atom is -0.389 e. The Bertz CT molecular complexity index is 452. The van der Waals surface area contributed by atoms with E-state index in [1.807, 2.05) is 19.9 Å². The molecule has 0 spiro atoms. The van der Waals surface area contributed by atoms with E-state index in [4.69, 9.17) is 9.47 Å². The summed E-state index contributed by atoms with van der Waals surface area (Å²) in [7, 11) is 1.47. The lowest BCUT2D eigenvalue weighted by atomic mass is 9.96. The fourth-order valence-corrected chi connectivity index (χ4v) is 2.43. The van der Waals surface area contributed by atoms with Crippen LogP contribution in [0.25, 0.3) is 0 Å². The molecule has 1 heterocycles. The van der Waals surface area contributed by atoms with E-state index >= 15 is 0 Å². The Labute approximate surface area is 135 Å². The summed E-state index contributed by atoms with van der Waals surface area (Å²) < 4.78 is 49.3. The van der Waals surface area contributed by atoms with Gasteiger partial charge in [-0.1, -0.05) is 36.8 Å². The normalized spacial score (nSPS) is 34.7. The maximum atomic E-state index is 12.9. The lowest BCUT2D eigenvalue weighted by molar-refractivity contribution is -0.0945. The SMILES string of the molecule is CO[C@H]1/C=C/CC/C(C(F)(F)F)=C/COC/C(C)=C\[C@@H](C)[C@@H]1O. The Morgan fingerprint density at radius 1 is 1.35 bits per heavy atom. The van der Waals surface area contributed by atoms with Gasteiger partial charge in [-0.3, -0.25) is 0 Å². The standard InChI is InChI=1S/C17H25F3O3/c1-12-10-13(2)16(21)15(22-3)7-5-4-6-14(17(18,19)20)8-9-23-11-12/h5,7-8,10,13,15-16,21H,4,6,9,11H2,1-3H3/b7-5+,12-10-,14-8-/t13-,15+,16+/m1/s1. The van der Waals surface area contributed by atoms with Gasteiger partial charge in [-0.2, -0.15) is 13.2 Å². The first-order chi connectivity index (χ1) is 10.8. The Hall–Kier alpha value is -1.11. The highest BCUT2D eigenvalue weighted by Gasteiger charge is 2.32. The van der Waals surface area contributed by atoms with E-state index in [9.17, 15) is 18.3 Å². The van der Waals surface area contributed by atoms with Crippen LogP contribution in [0.5, 0.6) is 0 Å². The third-order valence-corrected chi connectivity index (χ3v) is 3.74. The van der Waals surface area contributed by atoms with Crippen LogP contribution in [0.4, 0.5) is 13.2 Å². The van der Waals surface area contributed by atoms with Gasteiger partial charge in [0.15, 0.2) is 0 Å². The molecule has 0 aromatic heterocycles. The fourth-order valence-electron chi connectivity index (χ4n) is 2.43. The number of halogens is 3. The molecular formula is C17H25F3O3. The minimum atomic E-state index is -4.35. The first-order valence-corrected chi connectivity index (χ1v) is 7.64. The topological polar surface area (TPSA) is 38.7 Å². The summed E-state index contributed by atoms with van der Waals surface area (Å²) in [5.74, 6) is -0.155. The average molecular weight is 334 g/mol. The summed E-state index contributed by atoms with van der Waals surface area (Å²) in [4.78, 5) is 0. The number of hydrogen-bond donors (Lipinski definition) is 1. The van der Waals surface area contributed by atoms with E-state index in [0.29, 0.717) is 0 Å². The van der Waals surface area contributed by atoms with Crippen LogP contribution in [-0.2, 0) is 9.47 Å². The summed E-state index contributed by atoms with van der Waals surface area (Å²) in [5, 5.41) is 10.3. The van der Waals surface area contributed by atoms with Crippen LogP contribution in [0.15, 0.2) is 35.5 Å². The zero-order valence-electron chi connectivity index (χ0n) is 13.8. The van der Waals surface area contributed by atoms with Crippen molar-refractivity contribution in [1.29, 1.82) is 0 Å². The van der Waals surface area contributed by atoms with Crippen LogP contribution < -0.4 is 0 Å². The van der Waals surface area contributed by atoms with Gasteiger partial charge in [0.05, 0.1) is 19.3 Å². The summed E-state index contributed by atoms with van der Waals surface area (Å²) >= 11 is 0. The molecule has 1 aliphatic heterocycles. The van der Waals surface area contributed by atoms with Crippen molar-refractivity contribution in [1.82, 2.24) is 0 Å². The number of ether oxygens (including phenoxy) is 2. The number of allylic oxidation sites excluding steroid dienone is 2.